The predicted molar refractivity (Wildman–Crippen MR) is 91.3 cm³/mol. The third-order valence-corrected chi connectivity index (χ3v) is 4.57. The molecule has 0 aromatic carbocycles. The van der Waals surface area contributed by atoms with E-state index in [4.69, 9.17) is 4.98 Å². The maximum absolute atomic E-state index is 4.76. The van der Waals surface area contributed by atoms with Gasteiger partial charge in [0.2, 0.25) is 5.13 Å². The van der Waals surface area contributed by atoms with E-state index >= 15 is 0 Å². The molecular weight excluding hydrogens is 280 g/mol. The van der Waals surface area contributed by atoms with Crippen molar-refractivity contribution in [3.05, 3.63) is 5.82 Å². The van der Waals surface area contributed by atoms with Crippen molar-refractivity contribution in [1.29, 1.82) is 0 Å². The summed E-state index contributed by atoms with van der Waals surface area (Å²) in [5.74, 6) is 1.68. The Balaban J connectivity index is 1.96. The molecule has 0 amide bonds. The van der Waals surface area contributed by atoms with Gasteiger partial charge in [0.1, 0.15) is 5.82 Å². The first-order chi connectivity index (χ1) is 9.65. The van der Waals surface area contributed by atoms with Crippen molar-refractivity contribution in [3.8, 4) is 0 Å². The zero-order valence-electron chi connectivity index (χ0n) is 14.4. The number of nitrogens with zero attached hydrogens (tertiary/aromatic N) is 3. The van der Waals surface area contributed by atoms with Crippen LogP contribution in [-0.2, 0) is 5.41 Å². The fraction of sp³-hybridized carbons (Fsp3) is 0.875. The molecule has 1 unspecified atom stereocenters. The monoisotopic (exact) mass is 310 g/mol. The summed E-state index contributed by atoms with van der Waals surface area (Å²) in [5, 5.41) is 4.73. The smallest absolute Gasteiger partial charge is 0.205 e. The summed E-state index contributed by atoms with van der Waals surface area (Å²) in [6, 6.07) is 0. The van der Waals surface area contributed by atoms with Crippen LogP contribution < -0.4 is 10.2 Å². The molecule has 5 heteroatoms. The van der Waals surface area contributed by atoms with E-state index < -0.39 is 0 Å². The highest BCUT2D eigenvalue weighted by Crippen LogP contribution is 2.28. The molecule has 1 aromatic rings. The lowest BCUT2D eigenvalue weighted by molar-refractivity contribution is 0.335. The molecule has 0 spiro atoms. The van der Waals surface area contributed by atoms with E-state index in [1.165, 1.54) is 12.8 Å². The van der Waals surface area contributed by atoms with Gasteiger partial charge in [-0.1, -0.05) is 20.8 Å². The number of nitrogens with one attached hydrogen (secondary N) is 1. The van der Waals surface area contributed by atoms with Gasteiger partial charge < -0.3 is 10.2 Å². The topological polar surface area (TPSA) is 41.0 Å². The van der Waals surface area contributed by atoms with Crippen LogP contribution in [0.25, 0.3) is 0 Å². The van der Waals surface area contributed by atoms with Crippen molar-refractivity contribution < 1.29 is 0 Å². The summed E-state index contributed by atoms with van der Waals surface area (Å²) in [6.07, 6.45) is 2.56. The highest BCUT2D eigenvalue weighted by molar-refractivity contribution is 7.09. The average molecular weight is 311 g/mol. The minimum absolute atomic E-state index is 0.0394. The molecule has 120 valence electrons. The van der Waals surface area contributed by atoms with E-state index in [2.05, 4.69) is 56.1 Å². The quantitative estimate of drug-likeness (QED) is 0.928. The Kier molecular flexibility index (Phi) is 4.93. The standard InChI is InChI=1S/C16H30N4S/c1-15(2,3)13-18-14(21-19-13)20-9-7-8-12(11-20)10-17-16(4,5)6/h12,17H,7-11H2,1-6H3. The third-order valence-electron chi connectivity index (χ3n) is 3.80. The van der Waals surface area contributed by atoms with Crippen molar-refractivity contribution in [2.45, 2.75) is 65.3 Å². The van der Waals surface area contributed by atoms with Crippen LogP contribution in [0.1, 0.15) is 60.2 Å². The van der Waals surface area contributed by atoms with E-state index in [1.807, 2.05) is 0 Å². The lowest BCUT2D eigenvalue weighted by Gasteiger charge is -2.34. The largest absolute Gasteiger partial charge is 0.347 e. The van der Waals surface area contributed by atoms with Gasteiger partial charge in [0.15, 0.2) is 0 Å². The Bertz CT molecular complexity index is 456. The van der Waals surface area contributed by atoms with E-state index in [0.29, 0.717) is 5.92 Å². The van der Waals surface area contributed by atoms with Gasteiger partial charge in [-0.15, -0.1) is 0 Å². The molecule has 1 atom stereocenters. The molecular formula is C16H30N4S. The van der Waals surface area contributed by atoms with Gasteiger partial charge in [-0.05, 0) is 39.5 Å². The van der Waals surface area contributed by atoms with Gasteiger partial charge in [0, 0.05) is 42.1 Å². The number of piperidine rings is 1. The van der Waals surface area contributed by atoms with Gasteiger partial charge >= 0.3 is 0 Å². The molecule has 0 aliphatic carbocycles. The molecule has 1 aliphatic heterocycles. The van der Waals surface area contributed by atoms with Gasteiger partial charge in [-0.2, -0.15) is 4.37 Å². The van der Waals surface area contributed by atoms with Gasteiger partial charge in [0.25, 0.3) is 0 Å². The molecule has 0 saturated carbocycles. The fourth-order valence-electron chi connectivity index (χ4n) is 2.50. The van der Waals surface area contributed by atoms with Crippen LogP contribution in [0.4, 0.5) is 5.13 Å². The normalized spacial score (nSPS) is 20.9. The summed E-state index contributed by atoms with van der Waals surface area (Å²) < 4.78 is 4.55. The molecule has 1 saturated heterocycles. The first kappa shape index (κ1) is 16.7. The second-order valence-electron chi connectivity index (χ2n) is 8.24. The second-order valence-corrected chi connectivity index (χ2v) is 8.97. The molecule has 2 heterocycles. The summed E-state index contributed by atoms with van der Waals surface area (Å²) in [6.45, 7) is 16.5. The zero-order chi connectivity index (χ0) is 15.7. The van der Waals surface area contributed by atoms with Crippen molar-refractivity contribution in [2.75, 3.05) is 24.5 Å². The SMILES string of the molecule is CC(C)(C)NCC1CCCN(c2nc(C(C)(C)C)ns2)C1. The minimum Gasteiger partial charge on any atom is -0.347 e. The number of anilines is 1. The Morgan fingerprint density at radius 1 is 1.24 bits per heavy atom. The van der Waals surface area contributed by atoms with E-state index in [0.717, 1.165) is 30.6 Å². The molecule has 1 fully saturated rings. The zero-order valence-corrected chi connectivity index (χ0v) is 15.2. The minimum atomic E-state index is 0.0394. The fourth-order valence-corrected chi connectivity index (χ4v) is 3.40. The molecule has 1 aliphatic rings. The summed E-state index contributed by atoms with van der Waals surface area (Å²) in [7, 11) is 0. The Hall–Kier alpha value is -0.680. The number of hydrogen-bond acceptors (Lipinski definition) is 5. The van der Waals surface area contributed by atoms with Crippen LogP contribution >= 0.6 is 11.5 Å². The summed E-state index contributed by atoms with van der Waals surface area (Å²) in [4.78, 5) is 7.18. The Morgan fingerprint density at radius 2 is 1.95 bits per heavy atom. The Labute approximate surface area is 133 Å². The van der Waals surface area contributed by atoms with Crippen LogP contribution in [0, 0.1) is 5.92 Å². The van der Waals surface area contributed by atoms with Crippen LogP contribution in [-0.4, -0.2) is 34.5 Å². The molecule has 0 bridgehead atoms. The maximum Gasteiger partial charge on any atom is 0.205 e. The highest BCUT2D eigenvalue weighted by Gasteiger charge is 2.26. The molecule has 1 N–H and O–H groups in total. The summed E-state index contributed by atoms with van der Waals surface area (Å²) in [5.41, 5.74) is 0.238. The first-order valence-electron chi connectivity index (χ1n) is 7.99. The first-order valence-corrected chi connectivity index (χ1v) is 8.77. The van der Waals surface area contributed by atoms with Gasteiger partial charge in [-0.3, -0.25) is 0 Å². The Morgan fingerprint density at radius 3 is 2.52 bits per heavy atom. The molecule has 2 rings (SSSR count). The maximum atomic E-state index is 4.76. The molecule has 1 aromatic heterocycles. The predicted octanol–water partition coefficient (Wildman–Crippen LogP) is 3.44. The van der Waals surface area contributed by atoms with Crippen molar-refractivity contribution >= 4 is 16.7 Å². The number of aromatic nitrogens is 2. The molecule has 4 nitrogen and oxygen atoms in total. The lowest BCUT2D eigenvalue weighted by atomic mass is 9.96. The van der Waals surface area contributed by atoms with E-state index in [9.17, 15) is 0 Å². The van der Waals surface area contributed by atoms with E-state index in [-0.39, 0.29) is 11.0 Å². The van der Waals surface area contributed by atoms with Crippen LogP contribution in [0.5, 0.6) is 0 Å². The van der Waals surface area contributed by atoms with Gasteiger partial charge in [0.05, 0.1) is 0 Å². The van der Waals surface area contributed by atoms with Crippen molar-refractivity contribution in [1.82, 2.24) is 14.7 Å². The number of hydrogen-bond donors (Lipinski definition) is 1. The summed E-state index contributed by atoms with van der Waals surface area (Å²) >= 11 is 1.55. The lowest BCUT2D eigenvalue weighted by Crippen LogP contribution is -2.44. The molecule has 21 heavy (non-hydrogen) atoms. The van der Waals surface area contributed by atoms with Crippen LogP contribution in [0.3, 0.4) is 0 Å². The van der Waals surface area contributed by atoms with E-state index in [1.54, 1.807) is 11.5 Å². The number of rotatable bonds is 3. The second kappa shape index (κ2) is 6.21. The van der Waals surface area contributed by atoms with Crippen LogP contribution in [0.2, 0.25) is 0 Å². The van der Waals surface area contributed by atoms with Crippen LogP contribution in [0.15, 0.2) is 0 Å². The van der Waals surface area contributed by atoms with Gasteiger partial charge in [-0.25, -0.2) is 4.98 Å². The van der Waals surface area contributed by atoms with Crippen molar-refractivity contribution in [3.63, 3.8) is 0 Å². The third kappa shape index (κ3) is 4.92. The van der Waals surface area contributed by atoms with Crippen molar-refractivity contribution in [2.24, 2.45) is 5.92 Å². The molecule has 0 radical (unpaired) electrons. The average Bonchev–Trinajstić information content (AvgIpc) is 2.85. The highest BCUT2D eigenvalue weighted by atomic mass is 32.1.